The first-order chi connectivity index (χ1) is 16.1. The molecule has 1 saturated heterocycles. The van der Waals surface area contributed by atoms with Gasteiger partial charge in [0.2, 0.25) is 0 Å². The number of nitrogens with one attached hydrogen (secondary N) is 2. The van der Waals surface area contributed by atoms with Gasteiger partial charge in [0.1, 0.15) is 11.6 Å². The lowest BCUT2D eigenvalue weighted by atomic mass is 9.97. The number of para-hydroxylation sites is 2. The molecular weight excluding hydrogens is 414 g/mol. The van der Waals surface area contributed by atoms with Crippen LogP contribution in [0.4, 0.5) is 16.3 Å². The summed E-state index contributed by atoms with van der Waals surface area (Å²) in [5, 5.41) is 10.3. The molecule has 1 aliphatic rings. The minimum Gasteiger partial charge on any atom is -0.495 e. The molecule has 1 aliphatic heterocycles. The topological polar surface area (TPSA) is 71.4 Å². The Morgan fingerprint density at radius 1 is 1.06 bits per heavy atom. The highest BCUT2D eigenvalue weighted by atomic mass is 16.5. The number of nitrogens with zero attached hydrogens (tertiary/aromatic N) is 3. The molecular formula is C26H33N5O2. The fraction of sp³-hybridized carbons (Fsp3) is 0.385. The monoisotopic (exact) mass is 447 g/mol. The molecule has 1 atom stereocenters. The number of anilines is 2. The van der Waals surface area contributed by atoms with Gasteiger partial charge in [0.05, 0.1) is 25.0 Å². The molecule has 2 aromatic carbocycles. The Morgan fingerprint density at radius 2 is 1.79 bits per heavy atom. The van der Waals surface area contributed by atoms with Crippen molar-refractivity contribution < 1.29 is 9.53 Å². The minimum absolute atomic E-state index is 0.282. The van der Waals surface area contributed by atoms with E-state index in [9.17, 15) is 4.79 Å². The van der Waals surface area contributed by atoms with Crippen molar-refractivity contribution in [3.05, 3.63) is 72.4 Å². The van der Waals surface area contributed by atoms with E-state index in [-0.39, 0.29) is 12.1 Å². The number of rotatable bonds is 8. The van der Waals surface area contributed by atoms with E-state index in [0.29, 0.717) is 23.2 Å². The van der Waals surface area contributed by atoms with Crippen LogP contribution in [0.1, 0.15) is 43.7 Å². The van der Waals surface area contributed by atoms with E-state index >= 15 is 0 Å². The molecule has 1 fully saturated rings. The zero-order valence-electron chi connectivity index (χ0n) is 19.4. The second kappa shape index (κ2) is 11.0. The summed E-state index contributed by atoms with van der Waals surface area (Å²) in [5.41, 5.74) is 2.03. The Balaban J connectivity index is 1.27. The number of benzene rings is 2. The van der Waals surface area contributed by atoms with E-state index < -0.39 is 0 Å². The maximum absolute atomic E-state index is 12.6. The van der Waals surface area contributed by atoms with Crippen molar-refractivity contribution in [3.63, 3.8) is 0 Å². The first-order valence-electron chi connectivity index (χ1n) is 11.7. The number of urea groups is 1. The van der Waals surface area contributed by atoms with Crippen LogP contribution in [-0.2, 0) is 0 Å². The molecule has 1 aromatic heterocycles. The van der Waals surface area contributed by atoms with Crippen molar-refractivity contribution in [1.29, 1.82) is 0 Å². The molecule has 174 valence electrons. The quantitative estimate of drug-likeness (QED) is 0.487. The van der Waals surface area contributed by atoms with Crippen LogP contribution in [0.2, 0.25) is 0 Å². The van der Waals surface area contributed by atoms with Gasteiger partial charge in [0, 0.05) is 19.2 Å². The number of ether oxygens (including phenoxy) is 1. The van der Waals surface area contributed by atoms with Crippen molar-refractivity contribution in [3.8, 4) is 5.75 Å². The second-order valence-corrected chi connectivity index (χ2v) is 8.61. The highest BCUT2D eigenvalue weighted by molar-refractivity contribution is 6.00. The smallest absolute Gasteiger partial charge is 0.324 e. The number of likely N-dealkylation sites (tertiary alicyclic amines) is 1. The second-order valence-electron chi connectivity index (χ2n) is 8.61. The maximum Gasteiger partial charge on any atom is 0.324 e. The summed E-state index contributed by atoms with van der Waals surface area (Å²) in [6, 6.07) is 19.9. The van der Waals surface area contributed by atoms with Crippen molar-refractivity contribution >= 4 is 17.5 Å². The molecule has 0 radical (unpaired) electrons. The Bertz CT molecular complexity index is 1030. The zero-order valence-corrected chi connectivity index (χ0v) is 19.4. The first kappa shape index (κ1) is 22.9. The van der Waals surface area contributed by atoms with Gasteiger partial charge in [-0.3, -0.25) is 5.32 Å². The summed E-state index contributed by atoms with van der Waals surface area (Å²) in [6.07, 6.45) is 4.94. The highest BCUT2D eigenvalue weighted by Crippen LogP contribution is 2.27. The number of piperidine rings is 1. The average molecular weight is 448 g/mol. The molecule has 2 heterocycles. The van der Waals surface area contributed by atoms with Crippen LogP contribution in [0, 0.1) is 0 Å². The average Bonchev–Trinajstić information content (AvgIpc) is 3.31. The van der Waals surface area contributed by atoms with Gasteiger partial charge in [-0.15, -0.1) is 0 Å². The number of hydrogen-bond donors (Lipinski definition) is 2. The van der Waals surface area contributed by atoms with Crippen LogP contribution < -0.4 is 15.4 Å². The van der Waals surface area contributed by atoms with E-state index in [2.05, 4.69) is 57.9 Å². The molecule has 33 heavy (non-hydrogen) atoms. The minimum atomic E-state index is -0.311. The lowest BCUT2D eigenvalue weighted by Gasteiger charge is -2.33. The Hall–Kier alpha value is -3.32. The van der Waals surface area contributed by atoms with Crippen LogP contribution in [-0.4, -0.2) is 47.5 Å². The molecule has 2 N–H and O–H groups in total. The molecule has 0 aliphatic carbocycles. The molecule has 0 bridgehead atoms. The SMILES string of the molecule is COc1ccccc1NC(=O)Nc1ccnn1C1CCN(CC[C@@H](C)c2ccccc2)CC1. The molecule has 7 heteroatoms. The van der Waals surface area contributed by atoms with E-state index in [1.54, 1.807) is 13.3 Å². The summed E-state index contributed by atoms with van der Waals surface area (Å²) < 4.78 is 7.26. The summed E-state index contributed by atoms with van der Waals surface area (Å²) in [4.78, 5) is 15.1. The number of methoxy groups -OCH3 is 1. The van der Waals surface area contributed by atoms with E-state index in [1.165, 1.54) is 5.56 Å². The van der Waals surface area contributed by atoms with Crippen LogP contribution in [0.15, 0.2) is 66.9 Å². The van der Waals surface area contributed by atoms with E-state index in [0.717, 1.165) is 38.9 Å². The lowest BCUT2D eigenvalue weighted by Crippen LogP contribution is -2.36. The molecule has 2 amide bonds. The van der Waals surface area contributed by atoms with Gasteiger partial charge in [-0.25, -0.2) is 9.48 Å². The van der Waals surface area contributed by atoms with E-state index in [1.807, 2.05) is 35.0 Å². The van der Waals surface area contributed by atoms with Gasteiger partial charge >= 0.3 is 6.03 Å². The fourth-order valence-electron chi connectivity index (χ4n) is 4.43. The third-order valence-electron chi connectivity index (χ3n) is 6.42. The summed E-state index contributed by atoms with van der Waals surface area (Å²) >= 11 is 0. The van der Waals surface area contributed by atoms with Crippen LogP contribution in [0.25, 0.3) is 0 Å². The van der Waals surface area contributed by atoms with Gasteiger partial charge in [-0.2, -0.15) is 5.10 Å². The Kier molecular flexibility index (Phi) is 7.62. The van der Waals surface area contributed by atoms with Gasteiger partial charge in [0.25, 0.3) is 0 Å². The summed E-state index contributed by atoms with van der Waals surface area (Å²) in [7, 11) is 1.59. The molecule has 4 rings (SSSR count). The van der Waals surface area contributed by atoms with Gasteiger partial charge < -0.3 is 15.0 Å². The van der Waals surface area contributed by atoms with Gasteiger partial charge in [-0.1, -0.05) is 49.4 Å². The first-order valence-corrected chi connectivity index (χ1v) is 11.7. The molecule has 0 spiro atoms. The normalized spacial score (nSPS) is 15.7. The predicted octanol–water partition coefficient (Wildman–Crippen LogP) is 5.37. The fourth-order valence-corrected chi connectivity index (χ4v) is 4.43. The van der Waals surface area contributed by atoms with Crippen molar-refractivity contribution in [2.75, 3.05) is 37.4 Å². The van der Waals surface area contributed by atoms with Crippen LogP contribution in [0.5, 0.6) is 5.75 Å². The number of amides is 2. The standard InChI is InChI=1S/C26H33N5O2/c1-20(21-8-4-3-5-9-21)13-17-30-18-14-22(15-19-30)31-25(12-16-27-31)29-26(32)28-23-10-6-7-11-24(23)33-2/h3-12,16,20,22H,13-15,17-19H2,1-2H3,(H2,28,29,32)/t20-/m1/s1. The predicted molar refractivity (Wildman–Crippen MR) is 132 cm³/mol. The molecule has 0 saturated carbocycles. The van der Waals surface area contributed by atoms with Crippen molar-refractivity contribution in [1.82, 2.24) is 14.7 Å². The largest absolute Gasteiger partial charge is 0.495 e. The van der Waals surface area contributed by atoms with Crippen molar-refractivity contribution in [2.45, 2.75) is 38.1 Å². The maximum atomic E-state index is 12.6. The number of carbonyl (C=O) groups excluding carboxylic acids is 1. The number of hydrogen-bond acceptors (Lipinski definition) is 4. The summed E-state index contributed by atoms with van der Waals surface area (Å²) in [5.74, 6) is 1.89. The van der Waals surface area contributed by atoms with Gasteiger partial charge in [-0.05, 0) is 49.4 Å². The Labute approximate surface area is 195 Å². The zero-order chi connectivity index (χ0) is 23.0. The van der Waals surface area contributed by atoms with Crippen LogP contribution in [0.3, 0.4) is 0 Å². The molecule has 3 aromatic rings. The van der Waals surface area contributed by atoms with Crippen LogP contribution >= 0.6 is 0 Å². The van der Waals surface area contributed by atoms with Crippen molar-refractivity contribution in [2.24, 2.45) is 0 Å². The number of carbonyl (C=O) groups is 1. The lowest BCUT2D eigenvalue weighted by molar-refractivity contribution is 0.177. The third kappa shape index (κ3) is 5.93. The Morgan fingerprint density at radius 3 is 2.55 bits per heavy atom. The third-order valence-corrected chi connectivity index (χ3v) is 6.42. The van der Waals surface area contributed by atoms with E-state index in [4.69, 9.17) is 4.74 Å². The molecule has 0 unspecified atom stereocenters. The molecule has 7 nitrogen and oxygen atoms in total. The highest BCUT2D eigenvalue weighted by Gasteiger charge is 2.23. The van der Waals surface area contributed by atoms with Gasteiger partial charge in [0.15, 0.2) is 0 Å². The number of aromatic nitrogens is 2. The summed E-state index contributed by atoms with van der Waals surface area (Å²) in [6.45, 7) is 5.49.